The Kier molecular flexibility index (Phi) is 5.13. The Morgan fingerprint density at radius 1 is 1.53 bits per heavy atom. The van der Waals surface area contributed by atoms with Crippen LogP contribution < -0.4 is 5.32 Å². The van der Waals surface area contributed by atoms with Gasteiger partial charge in [0.25, 0.3) is 0 Å². The third kappa shape index (κ3) is 4.67. The largest absolute Gasteiger partial charge is 0.354 e. The number of carbonyl (C=O) groups is 1. The second-order valence-electron chi connectivity index (χ2n) is 5.18. The highest BCUT2D eigenvalue weighted by Crippen LogP contribution is 2.30. The first-order valence-corrected chi connectivity index (χ1v) is 6.38. The van der Waals surface area contributed by atoms with Crippen LogP contribution in [0.1, 0.15) is 60.7 Å². The summed E-state index contributed by atoms with van der Waals surface area (Å²) in [5.74, 6) is 1.81. The predicted octanol–water partition coefficient (Wildman–Crippen LogP) is 3.36. The fourth-order valence-corrected chi connectivity index (χ4v) is 2.66. The zero-order valence-electron chi connectivity index (χ0n) is 10.4. The summed E-state index contributed by atoms with van der Waals surface area (Å²) in [4.78, 5) is 11.0. The summed E-state index contributed by atoms with van der Waals surface area (Å²) in [5, 5.41) is 3.06. The molecule has 1 rings (SSSR count). The Morgan fingerprint density at radius 3 is 2.87 bits per heavy atom. The summed E-state index contributed by atoms with van der Waals surface area (Å²) in [6.07, 6.45) is 7.64. The molecule has 3 unspecified atom stereocenters. The first-order chi connectivity index (χ1) is 7.11. The van der Waals surface area contributed by atoms with Crippen LogP contribution in [0.2, 0.25) is 0 Å². The SMILES string of the molecule is CCC(C)CC1CCCC(NC(C)=O)C1.[HH]. The van der Waals surface area contributed by atoms with E-state index in [4.69, 9.17) is 0 Å². The minimum Gasteiger partial charge on any atom is -0.354 e. The van der Waals surface area contributed by atoms with Gasteiger partial charge in [0.15, 0.2) is 0 Å². The molecule has 1 N–H and O–H groups in total. The van der Waals surface area contributed by atoms with Crippen molar-refractivity contribution < 1.29 is 6.22 Å². The van der Waals surface area contributed by atoms with Crippen LogP contribution in [0.5, 0.6) is 0 Å². The first kappa shape index (κ1) is 12.5. The van der Waals surface area contributed by atoms with Crippen LogP contribution in [0.4, 0.5) is 0 Å². The van der Waals surface area contributed by atoms with Gasteiger partial charge in [-0.1, -0.05) is 33.1 Å². The van der Waals surface area contributed by atoms with Crippen molar-refractivity contribution in [2.45, 2.75) is 65.3 Å². The zero-order valence-corrected chi connectivity index (χ0v) is 10.4. The van der Waals surface area contributed by atoms with E-state index in [0.29, 0.717) is 6.04 Å². The van der Waals surface area contributed by atoms with Crippen LogP contribution >= 0.6 is 0 Å². The summed E-state index contributed by atoms with van der Waals surface area (Å²) in [6.45, 7) is 6.22. The molecule has 0 aromatic carbocycles. The molecule has 1 saturated carbocycles. The molecule has 3 atom stereocenters. The fourth-order valence-electron chi connectivity index (χ4n) is 2.66. The van der Waals surface area contributed by atoms with E-state index in [1.165, 1.54) is 38.5 Å². The molecule has 0 bridgehead atoms. The van der Waals surface area contributed by atoms with Gasteiger partial charge in [-0.15, -0.1) is 0 Å². The van der Waals surface area contributed by atoms with E-state index in [0.717, 1.165) is 11.8 Å². The minimum atomic E-state index is 0. The zero-order chi connectivity index (χ0) is 11.3. The quantitative estimate of drug-likeness (QED) is 0.762. The number of amides is 1. The molecule has 2 heteroatoms. The van der Waals surface area contributed by atoms with Crippen molar-refractivity contribution in [2.24, 2.45) is 11.8 Å². The molecule has 90 valence electrons. The third-order valence-corrected chi connectivity index (χ3v) is 3.62. The van der Waals surface area contributed by atoms with Gasteiger partial charge in [0.2, 0.25) is 5.91 Å². The molecule has 2 nitrogen and oxygen atoms in total. The first-order valence-electron chi connectivity index (χ1n) is 6.38. The monoisotopic (exact) mass is 213 g/mol. The lowest BCUT2D eigenvalue weighted by Crippen LogP contribution is -2.37. The van der Waals surface area contributed by atoms with E-state index < -0.39 is 0 Å². The molecular weight excluding hydrogens is 186 g/mol. The summed E-state index contributed by atoms with van der Waals surface area (Å²) in [7, 11) is 0. The third-order valence-electron chi connectivity index (χ3n) is 3.62. The molecule has 0 aromatic heterocycles. The average molecular weight is 213 g/mol. The van der Waals surface area contributed by atoms with Crippen LogP contribution in [0.3, 0.4) is 0 Å². The van der Waals surface area contributed by atoms with Crippen molar-refractivity contribution in [2.75, 3.05) is 0 Å². The molecule has 1 aliphatic carbocycles. The molecule has 1 aliphatic rings. The smallest absolute Gasteiger partial charge is 0.217 e. The van der Waals surface area contributed by atoms with Crippen LogP contribution in [-0.4, -0.2) is 11.9 Å². The Labute approximate surface area is 95.3 Å². The van der Waals surface area contributed by atoms with E-state index in [1.54, 1.807) is 6.92 Å². The van der Waals surface area contributed by atoms with Crippen LogP contribution in [-0.2, 0) is 4.79 Å². The lowest BCUT2D eigenvalue weighted by atomic mass is 9.80. The van der Waals surface area contributed by atoms with Gasteiger partial charge < -0.3 is 5.32 Å². The maximum Gasteiger partial charge on any atom is 0.217 e. The molecule has 0 aliphatic heterocycles. The van der Waals surface area contributed by atoms with Crippen molar-refractivity contribution in [3.05, 3.63) is 0 Å². The van der Waals surface area contributed by atoms with Gasteiger partial charge in [0.1, 0.15) is 0 Å². The lowest BCUT2D eigenvalue weighted by Gasteiger charge is -2.30. The Bertz CT molecular complexity index is 208. The summed E-state index contributed by atoms with van der Waals surface area (Å²) in [5.41, 5.74) is 0. The Balaban J connectivity index is 0.00000225. The predicted molar refractivity (Wildman–Crippen MR) is 65.7 cm³/mol. The van der Waals surface area contributed by atoms with E-state index in [1.807, 2.05) is 0 Å². The van der Waals surface area contributed by atoms with Gasteiger partial charge in [-0.25, -0.2) is 0 Å². The topological polar surface area (TPSA) is 29.1 Å². The number of rotatable bonds is 4. The van der Waals surface area contributed by atoms with Crippen LogP contribution in [0, 0.1) is 11.8 Å². The van der Waals surface area contributed by atoms with Gasteiger partial charge in [-0.05, 0) is 31.1 Å². The molecule has 0 heterocycles. The molecule has 0 spiro atoms. The van der Waals surface area contributed by atoms with Gasteiger partial charge in [0, 0.05) is 14.4 Å². The molecule has 0 saturated heterocycles. The molecule has 15 heavy (non-hydrogen) atoms. The van der Waals surface area contributed by atoms with Crippen molar-refractivity contribution in [1.82, 2.24) is 5.32 Å². The van der Waals surface area contributed by atoms with Crippen molar-refractivity contribution in [3.8, 4) is 0 Å². The van der Waals surface area contributed by atoms with E-state index in [2.05, 4.69) is 19.2 Å². The maximum absolute atomic E-state index is 11.0. The van der Waals surface area contributed by atoms with Crippen molar-refractivity contribution >= 4 is 5.91 Å². The van der Waals surface area contributed by atoms with E-state index in [9.17, 15) is 4.79 Å². The Morgan fingerprint density at radius 2 is 2.27 bits per heavy atom. The summed E-state index contributed by atoms with van der Waals surface area (Å²) < 4.78 is 0. The molecule has 0 radical (unpaired) electrons. The lowest BCUT2D eigenvalue weighted by molar-refractivity contribution is -0.119. The normalized spacial score (nSPS) is 28.5. The van der Waals surface area contributed by atoms with E-state index in [-0.39, 0.29) is 7.33 Å². The van der Waals surface area contributed by atoms with Gasteiger partial charge in [-0.3, -0.25) is 4.79 Å². The maximum atomic E-state index is 11.0. The Hall–Kier alpha value is -0.530. The minimum absolute atomic E-state index is 0. The van der Waals surface area contributed by atoms with Crippen molar-refractivity contribution in [1.29, 1.82) is 0 Å². The van der Waals surface area contributed by atoms with Gasteiger partial charge >= 0.3 is 0 Å². The summed E-state index contributed by atoms with van der Waals surface area (Å²) >= 11 is 0. The summed E-state index contributed by atoms with van der Waals surface area (Å²) in [6, 6.07) is 0.449. The van der Waals surface area contributed by atoms with Crippen LogP contribution in [0.25, 0.3) is 0 Å². The number of nitrogens with one attached hydrogen (secondary N) is 1. The molecular formula is C13H27NO. The second-order valence-corrected chi connectivity index (χ2v) is 5.18. The molecule has 0 aromatic rings. The number of hydrogen-bond donors (Lipinski definition) is 1. The highest BCUT2D eigenvalue weighted by atomic mass is 16.1. The van der Waals surface area contributed by atoms with Gasteiger partial charge in [-0.2, -0.15) is 0 Å². The van der Waals surface area contributed by atoms with Crippen LogP contribution in [0.15, 0.2) is 0 Å². The van der Waals surface area contributed by atoms with Crippen molar-refractivity contribution in [3.63, 3.8) is 0 Å². The highest BCUT2D eigenvalue weighted by Gasteiger charge is 2.23. The van der Waals surface area contributed by atoms with Gasteiger partial charge in [0.05, 0.1) is 0 Å². The average Bonchev–Trinajstić information content (AvgIpc) is 2.17. The fraction of sp³-hybridized carbons (Fsp3) is 0.923. The molecule has 1 amide bonds. The molecule has 1 fully saturated rings. The van der Waals surface area contributed by atoms with E-state index >= 15 is 0 Å². The number of carbonyl (C=O) groups excluding carboxylic acids is 1. The standard InChI is InChI=1S/C13H25NO.H2/c1-4-10(2)8-12-6-5-7-13(9-12)14-11(3)15;/h10,12-13H,4-9H2,1-3H3,(H,14,15);1H. The second kappa shape index (κ2) is 6.14. The number of hydrogen-bond acceptors (Lipinski definition) is 1. The highest BCUT2D eigenvalue weighted by molar-refractivity contribution is 5.73.